The molecule has 0 spiro atoms. The molecule has 4 nitrogen and oxygen atoms in total. The SMILES string of the molecule is CC(CN(C)C1CCN(C(C)C)CC1)C(=O)O. The van der Waals surface area contributed by atoms with Crippen LogP contribution in [-0.4, -0.2) is 59.6 Å². The van der Waals surface area contributed by atoms with Crippen molar-refractivity contribution >= 4 is 5.97 Å². The highest BCUT2D eigenvalue weighted by Crippen LogP contribution is 2.18. The normalized spacial score (nSPS) is 21.1. The van der Waals surface area contributed by atoms with Gasteiger partial charge in [0.05, 0.1) is 5.92 Å². The zero-order chi connectivity index (χ0) is 13.0. The first kappa shape index (κ1) is 14.5. The van der Waals surface area contributed by atoms with E-state index in [4.69, 9.17) is 5.11 Å². The molecule has 1 aliphatic rings. The quantitative estimate of drug-likeness (QED) is 0.793. The molecule has 1 atom stereocenters. The van der Waals surface area contributed by atoms with Gasteiger partial charge in [-0.1, -0.05) is 6.92 Å². The maximum Gasteiger partial charge on any atom is 0.307 e. The molecule has 0 radical (unpaired) electrons. The van der Waals surface area contributed by atoms with Crippen molar-refractivity contribution in [3.05, 3.63) is 0 Å². The molecular formula is C13H26N2O2. The summed E-state index contributed by atoms with van der Waals surface area (Å²) in [6.07, 6.45) is 2.31. The lowest BCUT2D eigenvalue weighted by Crippen LogP contribution is -2.47. The number of carbonyl (C=O) groups is 1. The molecule has 0 bridgehead atoms. The zero-order valence-corrected chi connectivity index (χ0v) is 11.5. The first-order valence-electron chi connectivity index (χ1n) is 6.59. The van der Waals surface area contributed by atoms with Gasteiger partial charge in [-0.25, -0.2) is 0 Å². The van der Waals surface area contributed by atoms with Crippen LogP contribution in [0.15, 0.2) is 0 Å². The minimum Gasteiger partial charge on any atom is -0.481 e. The molecule has 1 fully saturated rings. The van der Waals surface area contributed by atoms with Crippen molar-refractivity contribution in [3.63, 3.8) is 0 Å². The Morgan fingerprint density at radius 3 is 2.29 bits per heavy atom. The maximum absolute atomic E-state index is 10.8. The van der Waals surface area contributed by atoms with Crippen LogP contribution in [0.3, 0.4) is 0 Å². The molecule has 0 aromatic rings. The molecule has 1 unspecified atom stereocenters. The molecule has 1 aliphatic heterocycles. The van der Waals surface area contributed by atoms with E-state index < -0.39 is 5.97 Å². The Hall–Kier alpha value is -0.610. The lowest BCUT2D eigenvalue weighted by atomic mass is 10.0. The molecule has 0 saturated carbocycles. The molecule has 0 aliphatic carbocycles. The van der Waals surface area contributed by atoms with Crippen molar-refractivity contribution in [2.75, 3.05) is 26.7 Å². The molecule has 1 N–H and O–H groups in total. The summed E-state index contributed by atoms with van der Waals surface area (Å²) in [5.41, 5.74) is 0. The minimum atomic E-state index is -0.698. The zero-order valence-electron chi connectivity index (χ0n) is 11.5. The standard InChI is InChI=1S/C13H26N2O2/c1-10(2)15-7-5-12(6-8-15)14(4)9-11(3)13(16)17/h10-12H,5-9H2,1-4H3,(H,16,17). The Balaban J connectivity index is 2.35. The number of hydrogen-bond acceptors (Lipinski definition) is 3. The number of hydrogen-bond donors (Lipinski definition) is 1. The van der Waals surface area contributed by atoms with Gasteiger partial charge in [-0.15, -0.1) is 0 Å². The smallest absolute Gasteiger partial charge is 0.307 e. The third-order valence-corrected chi connectivity index (χ3v) is 3.84. The van der Waals surface area contributed by atoms with E-state index in [-0.39, 0.29) is 5.92 Å². The predicted molar refractivity (Wildman–Crippen MR) is 69.2 cm³/mol. The number of piperidine rings is 1. The average Bonchev–Trinajstić information content (AvgIpc) is 2.28. The summed E-state index contributed by atoms with van der Waals surface area (Å²) >= 11 is 0. The summed E-state index contributed by atoms with van der Waals surface area (Å²) in [4.78, 5) is 15.5. The third-order valence-electron chi connectivity index (χ3n) is 3.84. The summed E-state index contributed by atoms with van der Waals surface area (Å²) in [5.74, 6) is -0.973. The number of nitrogens with zero attached hydrogens (tertiary/aromatic N) is 2. The van der Waals surface area contributed by atoms with Crippen LogP contribution in [-0.2, 0) is 4.79 Å². The fourth-order valence-corrected chi connectivity index (χ4v) is 2.50. The van der Waals surface area contributed by atoms with Crippen molar-refractivity contribution in [3.8, 4) is 0 Å². The third kappa shape index (κ3) is 4.28. The van der Waals surface area contributed by atoms with Crippen LogP contribution in [0.1, 0.15) is 33.6 Å². The number of likely N-dealkylation sites (tertiary alicyclic amines) is 1. The number of rotatable bonds is 5. The minimum absolute atomic E-state index is 0.275. The van der Waals surface area contributed by atoms with Gasteiger partial charge >= 0.3 is 5.97 Å². The van der Waals surface area contributed by atoms with Gasteiger partial charge < -0.3 is 14.9 Å². The topological polar surface area (TPSA) is 43.8 Å². The van der Waals surface area contributed by atoms with Crippen LogP contribution >= 0.6 is 0 Å². The van der Waals surface area contributed by atoms with Gasteiger partial charge in [0, 0.05) is 18.6 Å². The second-order valence-corrected chi connectivity index (χ2v) is 5.54. The van der Waals surface area contributed by atoms with Crippen LogP contribution in [0.5, 0.6) is 0 Å². The molecule has 100 valence electrons. The first-order chi connectivity index (χ1) is 7.91. The highest BCUT2D eigenvalue weighted by Gasteiger charge is 2.25. The maximum atomic E-state index is 10.8. The number of aliphatic carboxylic acids is 1. The van der Waals surface area contributed by atoms with Crippen LogP contribution in [0.4, 0.5) is 0 Å². The Morgan fingerprint density at radius 2 is 1.88 bits per heavy atom. The summed E-state index contributed by atoms with van der Waals surface area (Å²) in [6, 6.07) is 1.17. The van der Waals surface area contributed by atoms with Gasteiger partial charge in [-0.05, 0) is 46.8 Å². The Labute approximate surface area is 105 Å². The number of carboxylic acids is 1. The highest BCUT2D eigenvalue weighted by atomic mass is 16.4. The molecule has 1 saturated heterocycles. The van der Waals surface area contributed by atoms with E-state index in [0.29, 0.717) is 18.6 Å². The molecular weight excluding hydrogens is 216 g/mol. The lowest BCUT2D eigenvalue weighted by molar-refractivity contribution is -0.141. The van der Waals surface area contributed by atoms with E-state index in [9.17, 15) is 4.79 Å². The number of carboxylic acid groups (broad SMARTS) is 1. The van der Waals surface area contributed by atoms with Crippen molar-refractivity contribution in [2.24, 2.45) is 5.92 Å². The fourth-order valence-electron chi connectivity index (χ4n) is 2.50. The Kier molecular flexibility index (Phi) is 5.40. The summed E-state index contributed by atoms with van der Waals surface area (Å²) < 4.78 is 0. The second kappa shape index (κ2) is 6.36. The van der Waals surface area contributed by atoms with Gasteiger partial charge in [0.25, 0.3) is 0 Å². The summed E-state index contributed by atoms with van der Waals surface area (Å²) in [6.45, 7) is 9.17. The average molecular weight is 242 g/mol. The summed E-state index contributed by atoms with van der Waals surface area (Å²) in [5, 5.41) is 8.91. The van der Waals surface area contributed by atoms with Crippen LogP contribution in [0.2, 0.25) is 0 Å². The van der Waals surface area contributed by atoms with Crippen LogP contribution in [0, 0.1) is 5.92 Å². The molecule has 0 amide bonds. The van der Waals surface area contributed by atoms with E-state index in [1.807, 2.05) is 0 Å². The van der Waals surface area contributed by atoms with Crippen molar-refractivity contribution < 1.29 is 9.90 Å². The van der Waals surface area contributed by atoms with E-state index in [2.05, 4.69) is 30.7 Å². The van der Waals surface area contributed by atoms with Gasteiger partial charge in [-0.2, -0.15) is 0 Å². The van der Waals surface area contributed by atoms with Gasteiger partial charge in [0.1, 0.15) is 0 Å². The Morgan fingerprint density at radius 1 is 1.35 bits per heavy atom. The molecule has 0 aromatic carbocycles. The molecule has 1 heterocycles. The fraction of sp³-hybridized carbons (Fsp3) is 0.923. The van der Waals surface area contributed by atoms with E-state index >= 15 is 0 Å². The van der Waals surface area contributed by atoms with Gasteiger partial charge in [0.15, 0.2) is 0 Å². The summed E-state index contributed by atoms with van der Waals surface area (Å²) in [7, 11) is 2.05. The lowest BCUT2D eigenvalue weighted by Gasteiger charge is -2.39. The van der Waals surface area contributed by atoms with E-state index in [1.54, 1.807) is 6.92 Å². The molecule has 17 heavy (non-hydrogen) atoms. The van der Waals surface area contributed by atoms with E-state index in [0.717, 1.165) is 25.9 Å². The first-order valence-corrected chi connectivity index (χ1v) is 6.59. The monoisotopic (exact) mass is 242 g/mol. The van der Waals surface area contributed by atoms with Gasteiger partial charge in [0.2, 0.25) is 0 Å². The van der Waals surface area contributed by atoms with E-state index in [1.165, 1.54) is 0 Å². The Bertz CT molecular complexity index is 248. The largest absolute Gasteiger partial charge is 0.481 e. The van der Waals surface area contributed by atoms with Crippen molar-refractivity contribution in [1.29, 1.82) is 0 Å². The highest BCUT2D eigenvalue weighted by molar-refractivity contribution is 5.69. The van der Waals surface area contributed by atoms with Gasteiger partial charge in [-0.3, -0.25) is 4.79 Å². The molecule has 4 heteroatoms. The molecule has 0 aromatic heterocycles. The predicted octanol–water partition coefficient (Wildman–Crippen LogP) is 1.51. The molecule has 1 rings (SSSR count). The van der Waals surface area contributed by atoms with Crippen LogP contribution < -0.4 is 0 Å². The van der Waals surface area contributed by atoms with Crippen molar-refractivity contribution in [1.82, 2.24) is 9.80 Å². The second-order valence-electron chi connectivity index (χ2n) is 5.54. The van der Waals surface area contributed by atoms with Crippen molar-refractivity contribution in [2.45, 2.75) is 45.7 Å². The van der Waals surface area contributed by atoms with Crippen LogP contribution in [0.25, 0.3) is 0 Å².